The van der Waals surface area contributed by atoms with Crippen LogP contribution in [0.1, 0.15) is 23.6 Å². The second-order valence-electron chi connectivity index (χ2n) is 9.26. The van der Waals surface area contributed by atoms with Gasteiger partial charge in [-0.1, -0.05) is 48.5 Å². The monoisotopic (exact) mass is 499 g/mol. The van der Waals surface area contributed by atoms with E-state index >= 15 is 0 Å². The molecule has 1 fully saturated rings. The summed E-state index contributed by atoms with van der Waals surface area (Å²) in [5, 5.41) is 19.7. The number of carboxylic acid groups (broad SMARTS) is 1. The molecule has 2 N–H and O–H groups in total. The fraction of sp³-hybridized carbons (Fsp3) is 0.333. The molecule has 2 heterocycles. The van der Waals surface area contributed by atoms with Gasteiger partial charge in [-0.05, 0) is 46.9 Å². The van der Waals surface area contributed by atoms with Crippen LogP contribution in [0.2, 0.25) is 0 Å². The van der Waals surface area contributed by atoms with E-state index in [4.69, 9.17) is 0 Å². The van der Waals surface area contributed by atoms with Crippen LogP contribution in [-0.2, 0) is 23.5 Å². The average Bonchev–Trinajstić information content (AvgIpc) is 2.85. The predicted octanol–water partition coefficient (Wildman–Crippen LogP) is 4.29. The largest absolute Gasteiger partial charge is 0.480 e. The summed E-state index contributed by atoms with van der Waals surface area (Å²) in [7, 11) is 0. The van der Waals surface area contributed by atoms with Crippen LogP contribution in [0.15, 0.2) is 73.1 Å². The average molecular weight is 500 g/mol. The number of nitrogens with zero attached hydrogens (tertiary/aromatic N) is 3. The quantitative estimate of drug-likeness (QED) is 0.505. The first-order valence-corrected chi connectivity index (χ1v) is 11.6. The Balaban J connectivity index is 1.41. The summed E-state index contributed by atoms with van der Waals surface area (Å²) in [6.07, 6.45) is -1.32. The van der Waals surface area contributed by atoms with Crippen LogP contribution in [0.5, 0.6) is 0 Å². The van der Waals surface area contributed by atoms with Gasteiger partial charge in [-0.2, -0.15) is 13.2 Å². The summed E-state index contributed by atoms with van der Waals surface area (Å²) in [4.78, 5) is 20.1. The van der Waals surface area contributed by atoms with Gasteiger partial charge >= 0.3 is 12.1 Å². The summed E-state index contributed by atoms with van der Waals surface area (Å²) in [5.41, 5.74) is 0.430. The van der Waals surface area contributed by atoms with Crippen molar-refractivity contribution < 1.29 is 28.2 Å². The van der Waals surface area contributed by atoms with Crippen molar-refractivity contribution in [2.75, 3.05) is 19.6 Å². The van der Waals surface area contributed by atoms with Crippen LogP contribution < -0.4 is 0 Å². The van der Waals surface area contributed by atoms with Crippen molar-refractivity contribution in [1.29, 1.82) is 0 Å². The minimum Gasteiger partial charge on any atom is -0.480 e. The molecule has 4 rings (SSSR count). The number of hydrogen-bond donors (Lipinski definition) is 2. The number of benzene rings is 2. The number of carboxylic acids is 1. The molecule has 3 aromatic rings. The molecule has 9 heteroatoms. The van der Waals surface area contributed by atoms with Crippen molar-refractivity contribution in [3.63, 3.8) is 0 Å². The Morgan fingerprint density at radius 2 is 1.47 bits per heavy atom. The van der Waals surface area contributed by atoms with E-state index in [1.165, 1.54) is 12.1 Å². The van der Waals surface area contributed by atoms with Crippen molar-refractivity contribution in [2.24, 2.45) is 0 Å². The fourth-order valence-corrected chi connectivity index (χ4v) is 4.38. The summed E-state index contributed by atoms with van der Waals surface area (Å²) in [6.45, 7) is 3.67. The van der Waals surface area contributed by atoms with Crippen LogP contribution in [0.4, 0.5) is 13.2 Å². The van der Waals surface area contributed by atoms with Crippen molar-refractivity contribution in [3.05, 3.63) is 89.7 Å². The number of piperazine rings is 1. The first-order chi connectivity index (χ1) is 17.0. The number of halogens is 3. The van der Waals surface area contributed by atoms with E-state index in [-0.39, 0.29) is 5.56 Å². The van der Waals surface area contributed by atoms with Gasteiger partial charge in [-0.3, -0.25) is 19.6 Å². The molecule has 0 radical (unpaired) electrons. The number of pyridine rings is 1. The number of carbonyl (C=O) groups is 1. The van der Waals surface area contributed by atoms with Gasteiger partial charge in [0.05, 0.1) is 0 Å². The molecule has 6 nitrogen and oxygen atoms in total. The zero-order valence-corrected chi connectivity index (χ0v) is 19.8. The lowest BCUT2D eigenvalue weighted by molar-refractivity contribution is -0.258. The van der Waals surface area contributed by atoms with E-state index in [9.17, 15) is 28.2 Å². The van der Waals surface area contributed by atoms with E-state index in [1.807, 2.05) is 41.3 Å². The van der Waals surface area contributed by atoms with Crippen molar-refractivity contribution in [1.82, 2.24) is 14.8 Å². The van der Waals surface area contributed by atoms with Gasteiger partial charge in [0.2, 0.25) is 0 Å². The number of rotatable bonds is 7. The SMILES string of the molecule is CC(O)(c1ccc(-c2ccc(CN3CCN(Cc4ccncc4)CC3C(=O)O)cc2)cc1)C(F)(F)F. The van der Waals surface area contributed by atoms with Gasteiger partial charge in [-0.15, -0.1) is 0 Å². The van der Waals surface area contributed by atoms with E-state index in [0.717, 1.165) is 35.7 Å². The molecule has 1 aliphatic heterocycles. The van der Waals surface area contributed by atoms with Crippen molar-refractivity contribution >= 4 is 5.97 Å². The Morgan fingerprint density at radius 3 is 2.03 bits per heavy atom. The minimum atomic E-state index is -4.77. The lowest BCUT2D eigenvalue weighted by Gasteiger charge is -2.39. The van der Waals surface area contributed by atoms with Gasteiger partial charge in [0.25, 0.3) is 0 Å². The lowest BCUT2D eigenvalue weighted by atomic mass is 9.93. The van der Waals surface area contributed by atoms with Crippen LogP contribution in [0.3, 0.4) is 0 Å². The Bertz CT molecular complexity index is 1170. The molecular weight excluding hydrogens is 471 g/mol. The van der Waals surface area contributed by atoms with Gasteiger partial charge in [0, 0.05) is 45.1 Å². The molecule has 0 bridgehead atoms. The molecule has 190 valence electrons. The lowest BCUT2D eigenvalue weighted by Crippen LogP contribution is -2.55. The summed E-state index contributed by atoms with van der Waals surface area (Å²) in [5.74, 6) is -0.860. The Labute approximate surface area is 207 Å². The molecule has 1 saturated heterocycles. The van der Waals surface area contributed by atoms with Crippen molar-refractivity contribution in [2.45, 2.75) is 37.8 Å². The van der Waals surface area contributed by atoms with Crippen LogP contribution in [0.25, 0.3) is 11.1 Å². The topological polar surface area (TPSA) is 76.9 Å². The zero-order chi connectivity index (χ0) is 25.9. The van der Waals surface area contributed by atoms with E-state index in [0.29, 0.717) is 26.2 Å². The van der Waals surface area contributed by atoms with Gasteiger partial charge in [0.15, 0.2) is 5.60 Å². The summed E-state index contributed by atoms with van der Waals surface area (Å²) >= 11 is 0. The first-order valence-electron chi connectivity index (χ1n) is 11.6. The maximum atomic E-state index is 13.1. The van der Waals surface area contributed by atoms with E-state index < -0.39 is 23.8 Å². The number of aliphatic hydroxyl groups is 1. The molecule has 0 saturated carbocycles. The third-order valence-corrected chi connectivity index (χ3v) is 6.69. The zero-order valence-electron chi connectivity index (χ0n) is 19.8. The minimum absolute atomic E-state index is 0.224. The second kappa shape index (κ2) is 10.4. The normalized spacial score (nSPS) is 19.1. The predicted molar refractivity (Wildman–Crippen MR) is 129 cm³/mol. The molecule has 2 atom stereocenters. The summed E-state index contributed by atoms with van der Waals surface area (Å²) in [6, 6.07) is 16.4. The smallest absolute Gasteiger partial charge is 0.421 e. The maximum Gasteiger partial charge on any atom is 0.421 e. The molecule has 36 heavy (non-hydrogen) atoms. The number of aromatic nitrogens is 1. The Hall–Kier alpha value is -3.27. The third-order valence-electron chi connectivity index (χ3n) is 6.69. The molecule has 0 aliphatic carbocycles. The number of alkyl halides is 3. The molecule has 0 spiro atoms. The highest BCUT2D eigenvalue weighted by molar-refractivity contribution is 5.74. The van der Waals surface area contributed by atoms with Crippen LogP contribution >= 0.6 is 0 Å². The standard InChI is InChI=1S/C27H28F3N3O3/c1-26(36,27(28,29)30)23-8-6-22(7-9-23)21-4-2-19(3-5-21)17-33-15-14-32(18-24(33)25(34)35)16-20-10-12-31-13-11-20/h2-13,24,36H,14-18H2,1H3,(H,34,35). The number of hydrogen-bond acceptors (Lipinski definition) is 5. The summed E-state index contributed by atoms with van der Waals surface area (Å²) < 4.78 is 39.2. The van der Waals surface area contributed by atoms with Crippen LogP contribution in [-0.4, -0.2) is 62.8 Å². The highest BCUT2D eigenvalue weighted by Gasteiger charge is 2.51. The second-order valence-corrected chi connectivity index (χ2v) is 9.26. The maximum absolute atomic E-state index is 13.1. The van der Waals surface area contributed by atoms with E-state index in [1.54, 1.807) is 24.5 Å². The fourth-order valence-electron chi connectivity index (χ4n) is 4.38. The molecular formula is C27H28F3N3O3. The molecule has 1 aliphatic rings. The molecule has 2 aromatic carbocycles. The van der Waals surface area contributed by atoms with Gasteiger partial charge in [0.1, 0.15) is 6.04 Å². The molecule has 0 amide bonds. The highest BCUT2D eigenvalue weighted by Crippen LogP contribution is 2.39. The Morgan fingerprint density at radius 1 is 0.917 bits per heavy atom. The van der Waals surface area contributed by atoms with E-state index in [2.05, 4.69) is 9.88 Å². The van der Waals surface area contributed by atoms with Gasteiger partial charge in [-0.25, -0.2) is 0 Å². The number of aliphatic carboxylic acids is 1. The van der Waals surface area contributed by atoms with Gasteiger partial charge < -0.3 is 10.2 Å². The molecule has 1 aromatic heterocycles. The highest BCUT2D eigenvalue weighted by atomic mass is 19.4. The third kappa shape index (κ3) is 5.75. The van der Waals surface area contributed by atoms with Crippen molar-refractivity contribution in [3.8, 4) is 11.1 Å². The van der Waals surface area contributed by atoms with Crippen LogP contribution in [0, 0.1) is 0 Å². The Kier molecular flexibility index (Phi) is 7.44. The first kappa shape index (κ1) is 25.8. The molecule has 2 unspecified atom stereocenters.